The summed E-state index contributed by atoms with van der Waals surface area (Å²) in [7, 11) is 0. The Labute approximate surface area is 110 Å². The van der Waals surface area contributed by atoms with Crippen LogP contribution < -0.4 is 0 Å². The Morgan fingerprint density at radius 1 is 1.17 bits per heavy atom. The molecule has 0 radical (unpaired) electrons. The van der Waals surface area contributed by atoms with E-state index in [-0.39, 0.29) is 5.60 Å². The standard InChI is InChI=1S/C16H24O2/c17-15-6-4-13(5-7-15)14-8-11-18-16(12-14)9-2-1-3-10-16/h4,14H,1-3,5-12H2. The first kappa shape index (κ1) is 12.4. The van der Waals surface area contributed by atoms with E-state index >= 15 is 0 Å². The maximum atomic E-state index is 11.3. The molecule has 3 aliphatic rings. The van der Waals surface area contributed by atoms with Crippen molar-refractivity contribution in [1.29, 1.82) is 0 Å². The number of carbonyl (C=O) groups is 1. The third-order valence-electron chi connectivity index (χ3n) is 5.07. The van der Waals surface area contributed by atoms with Gasteiger partial charge in [0.25, 0.3) is 0 Å². The van der Waals surface area contributed by atoms with Crippen molar-refractivity contribution in [3.63, 3.8) is 0 Å². The number of ketones is 1. The molecule has 0 aromatic heterocycles. The highest BCUT2D eigenvalue weighted by atomic mass is 16.5. The lowest BCUT2D eigenvalue weighted by molar-refractivity contribution is -0.119. The zero-order valence-corrected chi connectivity index (χ0v) is 11.2. The summed E-state index contributed by atoms with van der Waals surface area (Å²) in [5, 5.41) is 0. The second-order valence-electron chi connectivity index (χ2n) is 6.30. The van der Waals surface area contributed by atoms with Gasteiger partial charge in [0, 0.05) is 19.4 Å². The highest BCUT2D eigenvalue weighted by molar-refractivity contribution is 5.81. The number of ether oxygens (including phenoxy) is 1. The van der Waals surface area contributed by atoms with Crippen LogP contribution in [-0.2, 0) is 9.53 Å². The first-order valence-electron chi connectivity index (χ1n) is 7.62. The average molecular weight is 248 g/mol. The summed E-state index contributed by atoms with van der Waals surface area (Å²) in [4.78, 5) is 11.3. The molecule has 2 fully saturated rings. The Hall–Kier alpha value is -0.630. The van der Waals surface area contributed by atoms with Crippen LogP contribution in [0.3, 0.4) is 0 Å². The highest BCUT2D eigenvalue weighted by Crippen LogP contribution is 2.43. The summed E-state index contributed by atoms with van der Waals surface area (Å²) in [6.07, 6.45) is 13.6. The molecule has 3 rings (SSSR count). The fourth-order valence-electron chi connectivity index (χ4n) is 3.99. The fourth-order valence-corrected chi connectivity index (χ4v) is 3.99. The van der Waals surface area contributed by atoms with Gasteiger partial charge < -0.3 is 4.74 Å². The van der Waals surface area contributed by atoms with Gasteiger partial charge in [-0.05, 0) is 38.0 Å². The summed E-state index contributed by atoms with van der Waals surface area (Å²) in [5.41, 5.74) is 1.76. The first-order valence-corrected chi connectivity index (χ1v) is 7.62. The predicted octanol–water partition coefficient (Wildman–Crippen LogP) is 3.80. The van der Waals surface area contributed by atoms with E-state index in [4.69, 9.17) is 4.74 Å². The molecule has 1 spiro atoms. The van der Waals surface area contributed by atoms with Crippen LogP contribution in [0.25, 0.3) is 0 Å². The SMILES string of the molecule is O=C1CC=C(C2CCOC3(CCCCC3)C2)CC1. The molecule has 1 unspecified atom stereocenters. The first-order chi connectivity index (χ1) is 8.77. The van der Waals surface area contributed by atoms with Crippen molar-refractivity contribution in [3.05, 3.63) is 11.6 Å². The molecule has 2 nitrogen and oxygen atoms in total. The van der Waals surface area contributed by atoms with Gasteiger partial charge in [-0.15, -0.1) is 0 Å². The minimum Gasteiger partial charge on any atom is -0.375 e. The van der Waals surface area contributed by atoms with E-state index in [1.165, 1.54) is 44.9 Å². The Morgan fingerprint density at radius 3 is 2.72 bits per heavy atom. The molecule has 1 saturated heterocycles. The molecule has 2 heteroatoms. The van der Waals surface area contributed by atoms with E-state index in [1.807, 2.05) is 0 Å². The number of hydrogen-bond donors (Lipinski definition) is 0. The number of rotatable bonds is 1. The smallest absolute Gasteiger partial charge is 0.136 e. The molecule has 2 aliphatic carbocycles. The minimum absolute atomic E-state index is 0.198. The molecule has 0 aromatic rings. The lowest BCUT2D eigenvalue weighted by Crippen LogP contribution is -2.42. The summed E-state index contributed by atoms with van der Waals surface area (Å²) < 4.78 is 6.15. The van der Waals surface area contributed by atoms with Gasteiger partial charge in [-0.25, -0.2) is 0 Å². The van der Waals surface area contributed by atoms with Crippen LogP contribution in [0.15, 0.2) is 11.6 Å². The quantitative estimate of drug-likeness (QED) is 0.660. The van der Waals surface area contributed by atoms with Crippen LogP contribution in [0.1, 0.15) is 64.2 Å². The van der Waals surface area contributed by atoms with Crippen molar-refractivity contribution < 1.29 is 9.53 Å². The molecule has 0 aromatic carbocycles. The van der Waals surface area contributed by atoms with Crippen molar-refractivity contribution in [2.24, 2.45) is 5.92 Å². The molecule has 100 valence electrons. The largest absolute Gasteiger partial charge is 0.375 e. The second-order valence-corrected chi connectivity index (χ2v) is 6.30. The summed E-state index contributed by atoms with van der Waals surface area (Å²) in [6.45, 7) is 0.927. The molecule has 1 atom stereocenters. The monoisotopic (exact) mass is 248 g/mol. The summed E-state index contributed by atoms with van der Waals surface area (Å²) in [5.74, 6) is 1.11. The molecule has 1 heterocycles. The van der Waals surface area contributed by atoms with Crippen LogP contribution in [-0.4, -0.2) is 18.0 Å². The maximum absolute atomic E-state index is 11.3. The van der Waals surface area contributed by atoms with Crippen LogP contribution in [0.4, 0.5) is 0 Å². The van der Waals surface area contributed by atoms with Crippen molar-refractivity contribution in [1.82, 2.24) is 0 Å². The minimum atomic E-state index is 0.198. The topological polar surface area (TPSA) is 26.3 Å². The van der Waals surface area contributed by atoms with Crippen molar-refractivity contribution >= 4 is 5.78 Å². The van der Waals surface area contributed by atoms with Gasteiger partial charge in [0.2, 0.25) is 0 Å². The zero-order valence-electron chi connectivity index (χ0n) is 11.2. The number of Topliss-reactive ketones (excluding diaryl/α,β-unsaturated/α-hetero) is 1. The average Bonchev–Trinajstić information content (AvgIpc) is 2.40. The van der Waals surface area contributed by atoms with Crippen molar-refractivity contribution in [3.8, 4) is 0 Å². The van der Waals surface area contributed by atoms with Crippen LogP contribution >= 0.6 is 0 Å². The van der Waals surface area contributed by atoms with Crippen LogP contribution in [0.2, 0.25) is 0 Å². The molecule has 1 aliphatic heterocycles. The van der Waals surface area contributed by atoms with Gasteiger partial charge in [-0.3, -0.25) is 4.79 Å². The Morgan fingerprint density at radius 2 is 2.00 bits per heavy atom. The van der Waals surface area contributed by atoms with Gasteiger partial charge in [-0.2, -0.15) is 0 Å². The van der Waals surface area contributed by atoms with E-state index < -0.39 is 0 Å². The summed E-state index contributed by atoms with van der Waals surface area (Å²) >= 11 is 0. The number of carbonyl (C=O) groups excluding carboxylic acids is 1. The molecule has 1 saturated carbocycles. The Kier molecular flexibility index (Phi) is 3.56. The third kappa shape index (κ3) is 2.54. The zero-order chi connectivity index (χ0) is 12.4. The van der Waals surface area contributed by atoms with Gasteiger partial charge in [0.15, 0.2) is 0 Å². The van der Waals surface area contributed by atoms with Crippen LogP contribution in [0.5, 0.6) is 0 Å². The molecular weight excluding hydrogens is 224 g/mol. The van der Waals surface area contributed by atoms with Gasteiger partial charge in [-0.1, -0.05) is 30.9 Å². The Balaban J connectivity index is 1.68. The normalized spacial score (nSPS) is 32.3. The van der Waals surface area contributed by atoms with E-state index in [0.717, 1.165) is 19.4 Å². The maximum Gasteiger partial charge on any atom is 0.136 e. The van der Waals surface area contributed by atoms with E-state index in [0.29, 0.717) is 18.1 Å². The van der Waals surface area contributed by atoms with E-state index in [2.05, 4.69) is 6.08 Å². The predicted molar refractivity (Wildman–Crippen MR) is 71.4 cm³/mol. The Bertz CT molecular complexity index is 345. The number of hydrogen-bond acceptors (Lipinski definition) is 2. The second kappa shape index (κ2) is 5.16. The molecule has 0 amide bonds. The number of allylic oxidation sites excluding steroid dienone is 2. The summed E-state index contributed by atoms with van der Waals surface area (Å²) in [6, 6.07) is 0. The van der Waals surface area contributed by atoms with Crippen LogP contribution in [0, 0.1) is 5.92 Å². The highest BCUT2D eigenvalue weighted by Gasteiger charge is 2.39. The van der Waals surface area contributed by atoms with Gasteiger partial charge in [0.05, 0.1) is 5.60 Å². The van der Waals surface area contributed by atoms with E-state index in [9.17, 15) is 4.79 Å². The van der Waals surface area contributed by atoms with Crippen molar-refractivity contribution in [2.45, 2.75) is 69.8 Å². The third-order valence-corrected chi connectivity index (χ3v) is 5.07. The molecular formula is C16H24O2. The molecule has 0 N–H and O–H groups in total. The van der Waals surface area contributed by atoms with Gasteiger partial charge >= 0.3 is 0 Å². The molecule has 0 bridgehead atoms. The lowest BCUT2D eigenvalue weighted by atomic mass is 9.72. The molecule has 18 heavy (non-hydrogen) atoms. The van der Waals surface area contributed by atoms with Crippen molar-refractivity contribution in [2.75, 3.05) is 6.61 Å². The van der Waals surface area contributed by atoms with Gasteiger partial charge in [0.1, 0.15) is 5.78 Å². The fraction of sp³-hybridized carbons (Fsp3) is 0.812. The van der Waals surface area contributed by atoms with E-state index in [1.54, 1.807) is 5.57 Å². The lowest BCUT2D eigenvalue weighted by Gasteiger charge is -2.44.